The molecule has 1 unspecified atom stereocenters. The van der Waals surface area contributed by atoms with Crippen molar-refractivity contribution in [1.82, 2.24) is 19.8 Å². The van der Waals surface area contributed by atoms with E-state index in [2.05, 4.69) is 22.1 Å². The summed E-state index contributed by atoms with van der Waals surface area (Å²) >= 11 is 5.41. The zero-order valence-corrected chi connectivity index (χ0v) is 17.2. The predicted octanol–water partition coefficient (Wildman–Crippen LogP) is 3.26. The van der Waals surface area contributed by atoms with Crippen LogP contribution in [0, 0.1) is 4.77 Å². The SMILES string of the molecule is CCN1CCCC1CNC(=O)c1ccc2c(=O)n(-c3ccccc3)c(=S)[nH]c2c1. The molecule has 1 atom stereocenters. The van der Waals surface area contributed by atoms with Gasteiger partial charge in [0.15, 0.2) is 4.77 Å². The second-order valence-corrected chi connectivity index (χ2v) is 7.69. The van der Waals surface area contributed by atoms with E-state index >= 15 is 0 Å². The fraction of sp³-hybridized carbons (Fsp3) is 0.318. The Morgan fingerprint density at radius 3 is 2.79 bits per heavy atom. The molecule has 1 aliphatic heterocycles. The maximum Gasteiger partial charge on any atom is 0.266 e. The Bertz CT molecular complexity index is 1150. The molecule has 1 aliphatic rings. The first-order chi connectivity index (χ1) is 14.1. The van der Waals surface area contributed by atoms with Crippen LogP contribution in [0.25, 0.3) is 16.6 Å². The maximum absolute atomic E-state index is 13.0. The highest BCUT2D eigenvalue weighted by atomic mass is 32.1. The van der Waals surface area contributed by atoms with Crippen LogP contribution in [0.4, 0.5) is 0 Å². The Morgan fingerprint density at radius 1 is 1.24 bits per heavy atom. The molecule has 1 aromatic heterocycles. The first kappa shape index (κ1) is 19.5. The number of hydrogen-bond acceptors (Lipinski definition) is 4. The highest BCUT2D eigenvalue weighted by Crippen LogP contribution is 2.16. The first-order valence-corrected chi connectivity index (χ1v) is 10.4. The fourth-order valence-corrected chi connectivity index (χ4v) is 4.32. The molecule has 0 radical (unpaired) electrons. The van der Waals surface area contributed by atoms with E-state index < -0.39 is 0 Å². The highest BCUT2D eigenvalue weighted by molar-refractivity contribution is 7.71. The molecule has 1 saturated heterocycles. The van der Waals surface area contributed by atoms with Crippen molar-refractivity contribution in [2.45, 2.75) is 25.8 Å². The lowest BCUT2D eigenvalue weighted by Gasteiger charge is -2.22. The van der Waals surface area contributed by atoms with E-state index in [-0.39, 0.29) is 11.5 Å². The minimum absolute atomic E-state index is 0.138. The van der Waals surface area contributed by atoms with Crippen LogP contribution < -0.4 is 10.9 Å². The molecule has 1 amide bonds. The molecule has 2 aromatic carbocycles. The van der Waals surface area contributed by atoms with Crippen LogP contribution in [0.1, 0.15) is 30.1 Å². The molecular formula is C22H24N4O2S. The zero-order valence-electron chi connectivity index (χ0n) is 16.4. The van der Waals surface area contributed by atoms with Gasteiger partial charge >= 0.3 is 0 Å². The van der Waals surface area contributed by atoms with Crippen molar-refractivity contribution in [1.29, 1.82) is 0 Å². The average Bonchev–Trinajstić information content (AvgIpc) is 3.20. The van der Waals surface area contributed by atoms with E-state index in [1.807, 2.05) is 30.3 Å². The van der Waals surface area contributed by atoms with E-state index in [4.69, 9.17) is 12.2 Å². The number of carbonyl (C=O) groups is 1. The molecule has 0 aliphatic carbocycles. The number of carbonyl (C=O) groups excluding carboxylic acids is 1. The van der Waals surface area contributed by atoms with E-state index in [0.29, 0.717) is 39.5 Å². The monoisotopic (exact) mass is 408 g/mol. The number of likely N-dealkylation sites (N-methyl/N-ethyl adjacent to an activating group) is 1. The largest absolute Gasteiger partial charge is 0.350 e. The summed E-state index contributed by atoms with van der Waals surface area (Å²) < 4.78 is 1.77. The molecule has 6 nitrogen and oxygen atoms in total. The van der Waals surface area contributed by atoms with Crippen LogP contribution in [-0.2, 0) is 0 Å². The van der Waals surface area contributed by atoms with Gasteiger partial charge in [-0.1, -0.05) is 25.1 Å². The molecule has 7 heteroatoms. The molecule has 0 bridgehead atoms. The number of likely N-dealkylation sites (tertiary alicyclic amines) is 1. The van der Waals surface area contributed by atoms with Gasteiger partial charge in [-0.05, 0) is 68.5 Å². The van der Waals surface area contributed by atoms with Gasteiger partial charge in [0.2, 0.25) is 0 Å². The van der Waals surface area contributed by atoms with Gasteiger partial charge < -0.3 is 10.3 Å². The van der Waals surface area contributed by atoms with Crippen LogP contribution in [0.2, 0.25) is 0 Å². The van der Waals surface area contributed by atoms with Gasteiger partial charge in [0, 0.05) is 18.2 Å². The van der Waals surface area contributed by atoms with Crippen molar-refractivity contribution in [3.05, 3.63) is 69.2 Å². The molecule has 0 saturated carbocycles. The van der Waals surface area contributed by atoms with Crippen LogP contribution >= 0.6 is 12.2 Å². The Labute approximate surface area is 174 Å². The van der Waals surface area contributed by atoms with Crippen LogP contribution in [0.15, 0.2) is 53.3 Å². The molecule has 150 valence electrons. The number of amides is 1. The normalized spacial score (nSPS) is 16.9. The minimum atomic E-state index is -0.202. The molecular weight excluding hydrogens is 384 g/mol. The second kappa shape index (κ2) is 8.31. The number of aromatic amines is 1. The van der Waals surface area contributed by atoms with Crippen molar-refractivity contribution in [3.63, 3.8) is 0 Å². The van der Waals surface area contributed by atoms with Crippen molar-refractivity contribution < 1.29 is 4.79 Å². The fourth-order valence-electron chi connectivity index (χ4n) is 4.03. The minimum Gasteiger partial charge on any atom is -0.350 e. The number of para-hydroxylation sites is 1. The predicted molar refractivity (Wildman–Crippen MR) is 117 cm³/mol. The number of fused-ring (bicyclic) bond motifs is 1. The summed E-state index contributed by atoms with van der Waals surface area (Å²) in [7, 11) is 0. The van der Waals surface area contributed by atoms with Gasteiger partial charge in [0.05, 0.1) is 16.6 Å². The summed E-state index contributed by atoms with van der Waals surface area (Å²) in [5, 5.41) is 3.53. The molecule has 2 N–H and O–H groups in total. The van der Waals surface area contributed by atoms with Gasteiger partial charge in [0.25, 0.3) is 11.5 Å². The Hall–Kier alpha value is -2.77. The van der Waals surface area contributed by atoms with E-state index in [1.165, 1.54) is 11.0 Å². The van der Waals surface area contributed by atoms with Crippen LogP contribution in [0.3, 0.4) is 0 Å². The maximum atomic E-state index is 13.0. The average molecular weight is 409 g/mol. The lowest BCUT2D eigenvalue weighted by atomic mass is 10.1. The van der Waals surface area contributed by atoms with Crippen molar-refractivity contribution >= 4 is 29.0 Å². The summed E-state index contributed by atoms with van der Waals surface area (Å²) in [6.45, 7) is 4.88. The molecule has 0 spiro atoms. The van der Waals surface area contributed by atoms with Gasteiger partial charge in [-0.3, -0.25) is 19.1 Å². The van der Waals surface area contributed by atoms with Gasteiger partial charge in [-0.25, -0.2) is 0 Å². The number of aromatic nitrogens is 2. The smallest absolute Gasteiger partial charge is 0.266 e. The van der Waals surface area contributed by atoms with Crippen molar-refractivity contribution in [2.24, 2.45) is 0 Å². The number of H-pyrrole nitrogens is 1. The molecule has 4 rings (SSSR count). The standard InChI is InChI=1S/C22H24N4O2S/c1-2-25-12-6-9-17(25)14-23-20(27)15-10-11-18-19(13-15)24-22(29)26(21(18)28)16-7-4-3-5-8-16/h3-5,7-8,10-11,13,17H,2,6,9,12,14H2,1H3,(H,23,27)(H,24,29). The van der Waals surface area contributed by atoms with Gasteiger partial charge in [-0.2, -0.15) is 0 Å². The van der Waals surface area contributed by atoms with Gasteiger partial charge in [-0.15, -0.1) is 0 Å². The molecule has 2 heterocycles. The summed E-state index contributed by atoms with van der Waals surface area (Å²) in [5.41, 5.74) is 1.59. The molecule has 3 aromatic rings. The molecule has 1 fully saturated rings. The summed E-state index contributed by atoms with van der Waals surface area (Å²) in [6, 6.07) is 14.7. The number of rotatable bonds is 5. The third-order valence-electron chi connectivity index (χ3n) is 5.58. The van der Waals surface area contributed by atoms with Gasteiger partial charge in [0.1, 0.15) is 0 Å². The number of nitrogens with zero attached hydrogens (tertiary/aromatic N) is 2. The summed E-state index contributed by atoms with van der Waals surface area (Å²) in [4.78, 5) is 31.1. The lowest BCUT2D eigenvalue weighted by Crippen LogP contribution is -2.40. The van der Waals surface area contributed by atoms with E-state index in [0.717, 1.165) is 19.5 Å². The summed E-state index contributed by atoms with van der Waals surface area (Å²) in [5.74, 6) is -0.138. The van der Waals surface area contributed by atoms with Crippen LogP contribution in [-0.4, -0.2) is 46.0 Å². The second-order valence-electron chi connectivity index (χ2n) is 7.30. The Balaban J connectivity index is 1.61. The molecule has 29 heavy (non-hydrogen) atoms. The third-order valence-corrected chi connectivity index (χ3v) is 5.86. The number of nitrogens with one attached hydrogen (secondary N) is 2. The van der Waals surface area contributed by atoms with E-state index in [1.54, 1.807) is 18.2 Å². The number of hydrogen-bond donors (Lipinski definition) is 2. The first-order valence-electron chi connectivity index (χ1n) is 9.95. The zero-order chi connectivity index (χ0) is 20.4. The quantitative estimate of drug-likeness (QED) is 0.636. The Kier molecular flexibility index (Phi) is 5.60. The van der Waals surface area contributed by atoms with E-state index in [9.17, 15) is 9.59 Å². The van der Waals surface area contributed by atoms with Crippen LogP contribution in [0.5, 0.6) is 0 Å². The third kappa shape index (κ3) is 3.88. The van der Waals surface area contributed by atoms with Crippen molar-refractivity contribution in [2.75, 3.05) is 19.6 Å². The topological polar surface area (TPSA) is 70.1 Å². The summed E-state index contributed by atoms with van der Waals surface area (Å²) in [6.07, 6.45) is 2.28. The van der Waals surface area contributed by atoms with Crippen molar-refractivity contribution in [3.8, 4) is 5.69 Å². The highest BCUT2D eigenvalue weighted by Gasteiger charge is 2.23. The lowest BCUT2D eigenvalue weighted by molar-refractivity contribution is 0.0941. The Morgan fingerprint density at radius 2 is 2.03 bits per heavy atom. The number of benzene rings is 2.